The fourth-order valence-corrected chi connectivity index (χ4v) is 2.53. The third-order valence-corrected chi connectivity index (χ3v) is 3.36. The second-order valence-corrected chi connectivity index (χ2v) is 5.45. The summed E-state index contributed by atoms with van der Waals surface area (Å²) in [5, 5.41) is 9.53. The third-order valence-electron chi connectivity index (χ3n) is 3.36. The lowest BCUT2D eigenvalue weighted by atomic mass is 9.83. The molecule has 0 radical (unpaired) electrons. The monoisotopic (exact) mass is 260 g/mol. The van der Waals surface area contributed by atoms with Gasteiger partial charge in [-0.2, -0.15) is 0 Å². The molecule has 2 nitrogen and oxygen atoms in total. The van der Waals surface area contributed by atoms with Crippen LogP contribution in [0.15, 0.2) is 29.8 Å². The van der Waals surface area contributed by atoms with Crippen LogP contribution >= 0.6 is 0 Å². The van der Waals surface area contributed by atoms with Crippen LogP contribution in [0, 0.1) is 11.8 Å². The van der Waals surface area contributed by atoms with E-state index in [9.17, 15) is 9.90 Å². The van der Waals surface area contributed by atoms with Gasteiger partial charge in [-0.1, -0.05) is 58.9 Å². The van der Waals surface area contributed by atoms with Crippen molar-refractivity contribution in [1.29, 1.82) is 0 Å². The van der Waals surface area contributed by atoms with Gasteiger partial charge in [0, 0.05) is 5.57 Å². The van der Waals surface area contributed by atoms with Crippen LogP contribution in [-0.4, -0.2) is 11.1 Å². The fraction of sp³-hybridized carbons (Fsp3) is 0.471. The molecule has 0 heterocycles. The van der Waals surface area contributed by atoms with Gasteiger partial charge in [0.15, 0.2) is 0 Å². The summed E-state index contributed by atoms with van der Waals surface area (Å²) >= 11 is 0. The van der Waals surface area contributed by atoms with E-state index in [0.29, 0.717) is 5.57 Å². The van der Waals surface area contributed by atoms with Crippen LogP contribution in [0.3, 0.4) is 0 Å². The number of allylic oxidation sites excluding steroid dienone is 1. The molecule has 0 fully saturated rings. The smallest absolute Gasteiger partial charge is 0.332 e. The molecule has 0 aliphatic rings. The summed E-state index contributed by atoms with van der Waals surface area (Å²) in [6, 6.07) is 8.11. The highest BCUT2D eigenvalue weighted by Gasteiger charge is 2.22. The zero-order valence-corrected chi connectivity index (χ0v) is 12.5. The maximum absolute atomic E-state index is 11.6. The molecule has 0 saturated heterocycles. The number of aryl methyl sites for hydroxylation is 1. The van der Waals surface area contributed by atoms with Gasteiger partial charge in [0.1, 0.15) is 0 Å². The molecule has 0 spiro atoms. The van der Waals surface area contributed by atoms with Gasteiger partial charge < -0.3 is 5.11 Å². The molecule has 1 aromatic carbocycles. The van der Waals surface area contributed by atoms with E-state index in [1.165, 1.54) is 5.56 Å². The lowest BCUT2D eigenvalue weighted by Crippen LogP contribution is -2.14. The SMILES string of the molecule is CCc1ccccc1C(=C(C(=O)O)C(C)C)C(C)C. The second-order valence-electron chi connectivity index (χ2n) is 5.45. The second kappa shape index (κ2) is 6.55. The van der Waals surface area contributed by atoms with E-state index in [4.69, 9.17) is 0 Å². The molecular weight excluding hydrogens is 236 g/mol. The highest BCUT2D eigenvalue weighted by molar-refractivity contribution is 5.97. The maximum Gasteiger partial charge on any atom is 0.332 e. The average Bonchev–Trinajstić information content (AvgIpc) is 2.34. The molecule has 0 atom stereocenters. The summed E-state index contributed by atoms with van der Waals surface area (Å²) in [5.41, 5.74) is 3.81. The van der Waals surface area contributed by atoms with Crippen molar-refractivity contribution in [3.8, 4) is 0 Å². The predicted molar refractivity (Wildman–Crippen MR) is 80.1 cm³/mol. The minimum atomic E-state index is -0.801. The lowest BCUT2D eigenvalue weighted by Gasteiger charge is -2.21. The van der Waals surface area contributed by atoms with Gasteiger partial charge in [-0.05, 0) is 35.0 Å². The predicted octanol–water partition coefficient (Wildman–Crippen LogP) is 4.40. The van der Waals surface area contributed by atoms with Gasteiger partial charge >= 0.3 is 5.97 Å². The molecule has 19 heavy (non-hydrogen) atoms. The Morgan fingerprint density at radius 3 is 2.11 bits per heavy atom. The van der Waals surface area contributed by atoms with Crippen molar-refractivity contribution in [3.05, 3.63) is 41.0 Å². The van der Waals surface area contributed by atoms with Gasteiger partial charge in [-0.3, -0.25) is 0 Å². The van der Waals surface area contributed by atoms with Crippen molar-refractivity contribution >= 4 is 11.5 Å². The zero-order chi connectivity index (χ0) is 14.6. The van der Waals surface area contributed by atoms with Crippen LogP contribution < -0.4 is 0 Å². The summed E-state index contributed by atoms with van der Waals surface area (Å²) in [6.07, 6.45) is 0.914. The van der Waals surface area contributed by atoms with Crippen LogP contribution in [0.4, 0.5) is 0 Å². The lowest BCUT2D eigenvalue weighted by molar-refractivity contribution is -0.133. The molecule has 0 aliphatic heterocycles. The summed E-state index contributed by atoms with van der Waals surface area (Å²) in [6.45, 7) is 10.1. The molecule has 104 valence electrons. The number of aliphatic carboxylic acids is 1. The molecule has 1 aromatic rings. The molecular formula is C17H24O2. The van der Waals surface area contributed by atoms with Gasteiger partial charge in [-0.15, -0.1) is 0 Å². The first-order valence-electron chi connectivity index (χ1n) is 6.95. The number of rotatable bonds is 5. The Bertz CT molecular complexity index is 482. The maximum atomic E-state index is 11.6. The number of carbonyl (C=O) groups is 1. The van der Waals surface area contributed by atoms with Gasteiger partial charge in [0.05, 0.1) is 0 Å². The fourth-order valence-electron chi connectivity index (χ4n) is 2.53. The van der Waals surface area contributed by atoms with Crippen molar-refractivity contribution in [2.24, 2.45) is 11.8 Å². The van der Waals surface area contributed by atoms with E-state index in [0.717, 1.165) is 17.6 Å². The molecule has 0 bridgehead atoms. The van der Waals surface area contributed by atoms with E-state index in [-0.39, 0.29) is 11.8 Å². The quantitative estimate of drug-likeness (QED) is 0.797. The number of carboxylic acid groups (broad SMARTS) is 1. The van der Waals surface area contributed by atoms with E-state index in [2.05, 4.69) is 26.8 Å². The summed E-state index contributed by atoms with van der Waals surface area (Å²) < 4.78 is 0. The Hall–Kier alpha value is -1.57. The van der Waals surface area contributed by atoms with Crippen molar-refractivity contribution in [3.63, 3.8) is 0 Å². The Balaban J connectivity index is 3.59. The number of hydrogen-bond acceptors (Lipinski definition) is 1. The minimum Gasteiger partial charge on any atom is -0.478 e. The van der Waals surface area contributed by atoms with Gasteiger partial charge in [0.25, 0.3) is 0 Å². The van der Waals surface area contributed by atoms with Crippen LogP contribution in [0.1, 0.15) is 45.7 Å². The van der Waals surface area contributed by atoms with Crippen LogP contribution in [0.5, 0.6) is 0 Å². The highest BCUT2D eigenvalue weighted by Crippen LogP contribution is 2.32. The molecule has 0 aromatic heterocycles. The number of benzene rings is 1. The normalized spacial score (nSPS) is 12.8. The largest absolute Gasteiger partial charge is 0.478 e. The molecule has 0 aliphatic carbocycles. The van der Waals surface area contributed by atoms with Crippen molar-refractivity contribution in [2.75, 3.05) is 0 Å². The van der Waals surface area contributed by atoms with Gasteiger partial charge in [0.2, 0.25) is 0 Å². The zero-order valence-electron chi connectivity index (χ0n) is 12.5. The summed E-state index contributed by atoms with van der Waals surface area (Å²) in [4.78, 5) is 11.6. The van der Waals surface area contributed by atoms with Gasteiger partial charge in [-0.25, -0.2) is 4.79 Å². The Morgan fingerprint density at radius 1 is 1.11 bits per heavy atom. The first-order valence-corrected chi connectivity index (χ1v) is 6.95. The third kappa shape index (κ3) is 3.46. The van der Waals surface area contributed by atoms with E-state index in [1.54, 1.807) is 0 Å². The van der Waals surface area contributed by atoms with Crippen LogP contribution in [0.25, 0.3) is 5.57 Å². The van der Waals surface area contributed by atoms with E-state index >= 15 is 0 Å². The molecule has 1 rings (SSSR count). The van der Waals surface area contributed by atoms with E-state index < -0.39 is 5.97 Å². The number of carboxylic acids is 1. The summed E-state index contributed by atoms with van der Waals surface area (Å²) in [5.74, 6) is -0.592. The Kier molecular flexibility index (Phi) is 5.34. The molecule has 0 amide bonds. The topological polar surface area (TPSA) is 37.3 Å². The highest BCUT2D eigenvalue weighted by atomic mass is 16.4. The first kappa shape index (κ1) is 15.5. The number of hydrogen-bond donors (Lipinski definition) is 1. The molecule has 1 N–H and O–H groups in total. The van der Waals surface area contributed by atoms with Crippen molar-refractivity contribution in [2.45, 2.75) is 41.0 Å². The first-order chi connectivity index (χ1) is 8.90. The standard InChI is InChI=1S/C17H24O2/c1-6-13-9-7-8-10-14(13)15(11(2)3)16(12(4)5)17(18)19/h7-12H,6H2,1-5H3,(H,18,19). The van der Waals surface area contributed by atoms with Crippen LogP contribution in [0.2, 0.25) is 0 Å². The van der Waals surface area contributed by atoms with E-state index in [1.807, 2.05) is 32.0 Å². The molecule has 0 unspecified atom stereocenters. The summed E-state index contributed by atoms with van der Waals surface area (Å²) in [7, 11) is 0. The Labute approximate surface area is 116 Å². The minimum absolute atomic E-state index is 0.0137. The average molecular weight is 260 g/mol. The van der Waals surface area contributed by atoms with Crippen molar-refractivity contribution in [1.82, 2.24) is 0 Å². The molecule has 0 saturated carbocycles. The van der Waals surface area contributed by atoms with Crippen molar-refractivity contribution < 1.29 is 9.90 Å². The van der Waals surface area contributed by atoms with Crippen LogP contribution in [-0.2, 0) is 11.2 Å². The molecule has 2 heteroatoms. The Morgan fingerprint density at radius 2 is 1.68 bits per heavy atom.